The second-order valence-electron chi connectivity index (χ2n) is 4.69. The average Bonchev–Trinajstić information content (AvgIpc) is 2.33. The van der Waals surface area contributed by atoms with Crippen LogP contribution >= 0.6 is 0 Å². The molecule has 0 spiro atoms. The Morgan fingerprint density at radius 2 is 2.11 bits per heavy atom. The monoisotopic (exact) mass is 274 g/mol. The average molecular weight is 274 g/mol. The van der Waals surface area contributed by atoms with Gasteiger partial charge in [0.25, 0.3) is 0 Å². The summed E-state index contributed by atoms with van der Waals surface area (Å²) < 4.78 is 36.1. The Balaban J connectivity index is 2.63. The fourth-order valence-electron chi connectivity index (χ4n) is 1.70. The highest BCUT2D eigenvalue weighted by Gasteiger charge is 2.28. The van der Waals surface area contributed by atoms with Gasteiger partial charge in [-0.25, -0.2) is 0 Å². The molecule has 3 nitrogen and oxygen atoms in total. The maximum absolute atomic E-state index is 12.0. The van der Waals surface area contributed by atoms with Crippen LogP contribution in [0.4, 0.5) is 13.2 Å². The van der Waals surface area contributed by atoms with Crippen LogP contribution in [-0.4, -0.2) is 17.1 Å². The zero-order valence-electron chi connectivity index (χ0n) is 10.9. The lowest BCUT2D eigenvalue weighted by atomic mass is 9.97. The molecule has 1 heterocycles. The van der Waals surface area contributed by atoms with Gasteiger partial charge in [0, 0.05) is 18.8 Å². The van der Waals surface area contributed by atoms with Crippen LogP contribution in [0.25, 0.3) is 0 Å². The van der Waals surface area contributed by atoms with Crippen molar-refractivity contribution >= 4 is 5.91 Å². The zero-order valence-corrected chi connectivity index (χ0v) is 10.9. The van der Waals surface area contributed by atoms with Crippen molar-refractivity contribution in [2.24, 2.45) is 5.92 Å². The summed E-state index contributed by atoms with van der Waals surface area (Å²) in [6.45, 7) is 3.78. The Morgan fingerprint density at radius 1 is 1.42 bits per heavy atom. The van der Waals surface area contributed by atoms with Crippen LogP contribution in [0.1, 0.15) is 38.3 Å². The van der Waals surface area contributed by atoms with Crippen molar-refractivity contribution in [1.82, 2.24) is 10.3 Å². The standard InChI is InChI=1S/C13H17F3N2O/c1-9(2)12(10-4-3-7-17-8-10)18-11(19)5-6-13(14,15)16/h3-4,7-9,12H,5-6H2,1-2H3,(H,18,19)/t12-/m0/s1. The Hall–Kier alpha value is -1.59. The van der Waals surface area contributed by atoms with E-state index in [2.05, 4.69) is 10.3 Å². The lowest BCUT2D eigenvalue weighted by Crippen LogP contribution is -2.32. The molecule has 1 N–H and O–H groups in total. The van der Waals surface area contributed by atoms with E-state index >= 15 is 0 Å². The van der Waals surface area contributed by atoms with E-state index in [1.165, 1.54) is 0 Å². The summed E-state index contributed by atoms with van der Waals surface area (Å²) in [5, 5.41) is 2.63. The van der Waals surface area contributed by atoms with Gasteiger partial charge in [-0.2, -0.15) is 13.2 Å². The fourth-order valence-corrected chi connectivity index (χ4v) is 1.70. The second kappa shape index (κ2) is 6.54. The molecule has 1 aromatic rings. The van der Waals surface area contributed by atoms with E-state index in [4.69, 9.17) is 0 Å². The van der Waals surface area contributed by atoms with Crippen molar-refractivity contribution in [1.29, 1.82) is 0 Å². The molecule has 0 radical (unpaired) electrons. The van der Waals surface area contributed by atoms with Crippen molar-refractivity contribution in [2.75, 3.05) is 0 Å². The van der Waals surface area contributed by atoms with Gasteiger partial charge in [-0.15, -0.1) is 0 Å². The van der Waals surface area contributed by atoms with Gasteiger partial charge in [-0.3, -0.25) is 9.78 Å². The van der Waals surface area contributed by atoms with Crippen LogP contribution < -0.4 is 5.32 Å². The maximum atomic E-state index is 12.0. The molecule has 1 amide bonds. The highest BCUT2D eigenvalue weighted by atomic mass is 19.4. The second-order valence-corrected chi connectivity index (χ2v) is 4.69. The van der Waals surface area contributed by atoms with Crippen LogP contribution in [0.15, 0.2) is 24.5 Å². The van der Waals surface area contributed by atoms with E-state index in [9.17, 15) is 18.0 Å². The first-order valence-electron chi connectivity index (χ1n) is 6.05. The molecule has 0 saturated heterocycles. The number of amides is 1. The highest BCUT2D eigenvalue weighted by Crippen LogP contribution is 2.23. The van der Waals surface area contributed by atoms with Crippen molar-refractivity contribution in [3.63, 3.8) is 0 Å². The van der Waals surface area contributed by atoms with Gasteiger partial charge >= 0.3 is 6.18 Å². The van der Waals surface area contributed by atoms with Crippen molar-refractivity contribution in [3.8, 4) is 0 Å². The molecule has 0 aliphatic rings. The summed E-state index contributed by atoms with van der Waals surface area (Å²) in [7, 11) is 0. The molecule has 0 aromatic carbocycles. The molecule has 0 aliphatic carbocycles. The minimum Gasteiger partial charge on any atom is -0.349 e. The Kier molecular flexibility index (Phi) is 5.32. The van der Waals surface area contributed by atoms with Crippen molar-refractivity contribution in [2.45, 2.75) is 38.9 Å². The minimum atomic E-state index is -4.31. The Bertz CT molecular complexity index is 404. The lowest BCUT2D eigenvalue weighted by Gasteiger charge is -2.22. The number of halogens is 3. The van der Waals surface area contributed by atoms with Gasteiger partial charge < -0.3 is 5.32 Å². The van der Waals surface area contributed by atoms with Crippen LogP contribution in [0.2, 0.25) is 0 Å². The molecule has 6 heteroatoms. The molecular formula is C13H17F3N2O. The third-order valence-electron chi connectivity index (χ3n) is 2.66. The summed E-state index contributed by atoms with van der Waals surface area (Å²) in [4.78, 5) is 15.5. The number of alkyl halides is 3. The first-order valence-corrected chi connectivity index (χ1v) is 6.05. The summed E-state index contributed by atoms with van der Waals surface area (Å²) >= 11 is 0. The number of carbonyl (C=O) groups is 1. The highest BCUT2D eigenvalue weighted by molar-refractivity contribution is 5.76. The van der Waals surface area contributed by atoms with Gasteiger partial charge in [0.15, 0.2) is 0 Å². The van der Waals surface area contributed by atoms with Crippen molar-refractivity contribution in [3.05, 3.63) is 30.1 Å². The summed E-state index contributed by atoms with van der Waals surface area (Å²) in [6, 6.07) is 3.20. The van der Waals surface area contributed by atoms with Crippen LogP contribution in [0.3, 0.4) is 0 Å². The number of nitrogens with zero attached hydrogens (tertiary/aromatic N) is 1. The molecule has 0 saturated carbocycles. The fraction of sp³-hybridized carbons (Fsp3) is 0.538. The molecule has 1 atom stereocenters. The topological polar surface area (TPSA) is 42.0 Å². The van der Waals surface area contributed by atoms with Gasteiger partial charge in [0.1, 0.15) is 0 Å². The number of nitrogens with one attached hydrogen (secondary N) is 1. The predicted molar refractivity (Wildman–Crippen MR) is 65.2 cm³/mol. The lowest BCUT2D eigenvalue weighted by molar-refractivity contribution is -0.144. The number of pyridine rings is 1. The molecule has 0 aliphatic heterocycles. The quantitative estimate of drug-likeness (QED) is 0.895. The van der Waals surface area contributed by atoms with Gasteiger partial charge in [0.2, 0.25) is 5.91 Å². The molecule has 0 unspecified atom stereocenters. The number of hydrogen-bond acceptors (Lipinski definition) is 2. The molecular weight excluding hydrogens is 257 g/mol. The zero-order chi connectivity index (χ0) is 14.5. The van der Waals surface area contributed by atoms with E-state index in [1.54, 1.807) is 24.5 Å². The van der Waals surface area contributed by atoms with Crippen LogP contribution in [0.5, 0.6) is 0 Å². The molecule has 1 aromatic heterocycles. The van der Waals surface area contributed by atoms with Crippen LogP contribution in [0, 0.1) is 5.92 Å². The van der Waals surface area contributed by atoms with E-state index in [-0.39, 0.29) is 12.0 Å². The number of rotatable bonds is 5. The third-order valence-corrected chi connectivity index (χ3v) is 2.66. The Labute approximate surface area is 110 Å². The minimum absolute atomic E-state index is 0.0686. The van der Waals surface area contributed by atoms with Gasteiger partial charge in [-0.1, -0.05) is 19.9 Å². The number of hydrogen-bond donors (Lipinski definition) is 1. The normalized spacial score (nSPS) is 13.4. The first kappa shape index (κ1) is 15.5. The van der Waals surface area contributed by atoms with Crippen LogP contribution in [-0.2, 0) is 4.79 Å². The molecule has 19 heavy (non-hydrogen) atoms. The van der Waals surface area contributed by atoms with E-state index < -0.39 is 24.9 Å². The summed E-state index contributed by atoms with van der Waals surface area (Å²) in [6.07, 6.45) is -2.75. The number of aromatic nitrogens is 1. The smallest absolute Gasteiger partial charge is 0.349 e. The molecule has 106 valence electrons. The molecule has 1 rings (SSSR count). The number of carbonyl (C=O) groups excluding carboxylic acids is 1. The SMILES string of the molecule is CC(C)[C@H](NC(=O)CCC(F)(F)F)c1cccnc1. The Morgan fingerprint density at radius 3 is 2.58 bits per heavy atom. The summed E-state index contributed by atoms with van der Waals surface area (Å²) in [5.41, 5.74) is 0.790. The maximum Gasteiger partial charge on any atom is 0.389 e. The predicted octanol–water partition coefficient (Wildman–Crippen LogP) is 3.24. The van der Waals surface area contributed by atoms with Gasteiger partial charge in [0.05, 0.1) is 12.5 Å². The van der Waals surface area contributed by atoms with Crippen molar-refractivity contribution < 1.29 is 18.0 Å². The third kappa shape index (κ3) is 5.72. The first-order chi connectivity index (χ1) is 8.79. The van der Waals surface area contributed by atoms with E-state index in [0.717, 1.165) is 5.56 Å². The van der Waals surface area contributed by atoms with Gasteiger partial charge in [-0.05, 0) is 17.5 Å². The largest absolute Gasteiger partial charge is 0.389 e. The van der Waals surface area contributed by atoms with E-state index in [1.807, 2.05) is 13.8 Å². The molecule has 0 bridgehead atoms. The molecule has 0 fully saturated rings. The summed E-state index contributed by atoms with van der Waals surface area (Å²) in [5.74, 6) is -0.529. The van der Waals surface area contributed by atoms with E-state index in [0.29, 0.717) is 0 Å².